The van der Waals surface area contributed by atoms with E-state index in [9.17, 15) is 19.4 Å². The van der Waals surface area contributed by atoms with Gasteiger partial charge in [0.1, 0.15) is 11.3 Å². The Morgan fingerprint density at radius 2 is 2.00 bits per heavy atom. The fourth-order valence-corrected chi connectivity index (χ4v) is 2.71. The Balaban J connectivity index is 2.08. The minimum atomic E-state index is -1.32. The first-order chi connectivity index (χ1) is 12.7. The van der Waals surface area contributed by atoms with E-state index in [1.165, 1.54) is 19.9 Å². The molecule has 27 heavy (non-hydrogen) atoms. The van der Waals surface area contributed by atoms with E-state index in [0.29, 0.717) is 5.56 Å². The van der Waals surface area contributed by atoms with Crippen molar-refractivity contribution < 1.29 is 38.3 Å². The van der Waals surface area contributed by atoms with Gasteiger partial charge in [-0.15, -0.1) is 0 Å². The number of esters is 1. The van der Waals surface area contributed by atoms with Gasteiger partial charge in [0.25, 0.3) is 0 Å². The zero-order valence-corrected chi connectivity index (χ0v) is 17.1. The second-order valence-electron chi connectivity index (χ2n) is 5.82. The Morgan fingerprint density at radius 1 is 1.30 bits per heavy atom. The lowest BCUT2D eigenvalue weighted by atomic mass is 9.72. The van der Waals surface area contributed by atoms with Gasteiger partial charge >= 0.3 is 19.2 Å². The Kier molecular flexibility index (Phi) is 7.30. The number of hydrogen-bond acceptors (Lipinski definition) is 8. The van der Waals surface area contributed by atoms with Gasteiger partial charge < -0.3 is 29.2 Å². The van der Waals surface area contributed by atoms with Crippen LogP contribution in [-0.4, -0.2) is 46.5 Å². The molecule has 0 saturated heterocycles. The maximum absolute atomic E-state index is 12.4. The van der Waals surface area contributed by atoms with E-state index in [0.717, 1.165) is 0 Å². The lowest BCUT2D eigenvalue weighted by molar-refractivity contribution is -0.119. The first-order valence-corrected chi connectivity index (χ1v) is 9.38. The van der Waals surface area contributed by atoms with E-state index < -0.39 is 35.6 Å². The minimum Gasteiger partial charge on any atom is -0.534 e. The summed E-state index contributed by atoms with van der Waals surface area (Å²) in [5.41, 5.74) is 0.694. The van der Waals surface area contributed by atoms with Gasteiger partial charge in [-0.3, -0.25) is 4.79 Å². The number of amides is 1. The maximum atomic E-state index is 12.4. The van der Waals surface area contributed by atoms with Crippen molar-refractivity contribution >= 4 is 47.7 Å². The first-order valence-electron chi connectivity index (χ1n) is 8.13. The number of carbonyl (C=O) groups excluding carboxylic acids is 3. The summed E-state index contributed by atoms with van der Waals surface area (Å²) in [7, 11) is -1.32. The molecule has 146 valence electrons. The largest absolute Gasteiger partial charge is 0.547 e. The normalized spacial score (nSPS) is 17.7. The van der Waals surface area contributed by atoms with Crippen LogP contribution in [0.4, 0.5) is 4.79 Å². The number of nitrogens with one attached hydrogen (secondary N) is 1. The van der Waals surface area contributed by atoms with E-state index in [1.807, 2.05) is 22.6 Å². The Bertz CT molecular complexity index is 728. The summed E-state index contributed by atoms with van der Waals surface area (Å²) >= 11 is 1.88. The van der Waals surface area contributed by atoms with Gasteiger partial charge in [-0.25, -0.2) is 9.59 Å². The fourth-order valence-electron chi connectivity index (χ4n) is 2.50. The summed E-state index contributed by atoms with van der Waals surface area (Å²) in [6.07, 6.45) is -1.86. The summed E-state index contributed by atoms with van der Waals surface area (Å²) in [6.45, 7) is 4.35. The molecule has 0 fully saturated rings. The zero-order valence-electron chi connectivity index (χ0n) is 14.9. The highest BCUT2D eigenvalue weighted by molar-refractivity contribution is 14.1. The molecule has 2 N–H and O–H groups in total. The van der Waals surface area contributed by atoms with Crippen molar-refractivity contribution in [2.24, 2.45) is 0 Å². The van der Waals surface area contributed by atoms with Crippen molar-refractivity contribution in [3.05, 3.63) is 29.3 Å². The number of hydrogen-bond donors (Lipinski definition) is 2. The summed E-state index contributed by atoms with van der Waals surface area (Å²) < 4.78 is 19.7. The smallest absolute Gasteiger partial charge is 0.534 e. The van der Waals surface area contributed by atoms with Gasteiger partial charge in [-0.05, 0) is 47.6 Å². The van der Waals surface area contributed by atoms with Crippen LogP contribution in [0.25, 0.3) is 0 Å². The van der Waals surface area contributed by atoms with Crippen molar-refractivity contribution in [1.29, 1.82) is 0 Å². The molecule has 9 nitrogen and oxygen atoms in total. The standard InChI is InChI=1S/C16H19BINO8/c1-8(18)24-16(22)26-10(3)25-15(21)12-6-4-5-11-7-13(19-9(2)20)17(23)27-14(11)12/h4-6,8,10,13,23H,7H2,1-3H3,(H,19,20)/t8?,10?,13-/m0/s1. The van der Waals surface area contributed by atoms with E-state index in [4.69, 9.17) is 18.9 Å². The maximum Gasteiger partial charge on any atom is 0.547 e. The van der Waals surface area contributed by atoms with Crippen molar-refractivity contribution in [3.63, 3.8) is 0 Å². The average molecular weight is 491 g/mol. The lowest BCUT2D eigenvalue weighted by Crippen LogP contribution is -2.52. The third kappa shape index (κ3) is 5.99. The monoisotopic (exact) mass is 491 g/mol. The second kappa shape index (κ2) is 9.26. The number of para-hydroxylation sites is 1. The molecule has 1 aliphatic heterocycles. The van der Waals surface area contributed by atoms with Gasteiger partial charge in [0.15, 0.2) is 4.11 Å². The summed E-state index contributed by atoms with van der Waals surface area (Å²) in [6, 6.07) is 4.80. The number of ether oxygens (including phenoxy) is 3. The molecule has 1 aromatic rings. The quantitative estimate of drug-likeness (QED) is 0.210. The van der Waals surface area contributed by atoms with Crippen LogP contribution in [0, 0.1) is 0 Å². The summed E-state index contributed by atoms with van der Waals surface area (Å²) in [5.74, 6) is -1.57. The van der Waals surface area contributed by atoms with Crippen molar-refractivity contribution in [1.82, 2.24) is 5.32 Å². The average Bonchev–Trinajstić information content (AvgIpc) is 2.53. The third-order valence-corrected chi connectivity index (χ3v) is 3.78. The number of benzene rings is 1. The van der Waals surface area contributed by atoms with Crippen LogP contribution in [0.2, 0.25) is 0 Å². The molecule has 0 aromatic heterocycles. The number of fused-ring (bicyclic) bond motifs is 1. The molecule has 0 radical (unpaired) electrons. The molecule has 2 rings (SSSR count). The molecule has 0 bridgehead atoms. The van der Waals surface area contributed by atoms with Crippen LogP contribution in [0.5, 0.6) is 5.75 Å². The SMILES string of the molecule is CC(=O)N[C@H]1Cc2cccc(C(=O)OC(C)OC(=O)OC(C)I)c2OB1O. The number of halogens is 1. The molecule has 0 aliphatic carbocycles. The predicted molar refractivity (Wildman–Crippen MR) is 102 cm³/mol. The van der Waals surface area contributed by atoms with E-state index in [2.05, 4.69) is 5.32 Å². The topological polar surface area (TPSA) is 120 Å². The fraction of sp³-hybridized carbons (Fsp3) is 0.438. The Labute approximate surface area is 170 Å². The number of rotatable bonds is 5. The first kappa shape index (κ1) is 21.3. The molecule has 1 amide bonds. The summed E-state index contributed by atoms with van der Waals surface area (Å²) in [4.78, 5) is 35.1. The van der Waals surface area contributed by atoms with E-state index in [1.54, 1.807) is 19.1 Å². The van der Waals surface area contributed by atoms with Crippen LogP contribution < -0.4 is 9.97 Å². The van der Waals surface area contributed by atoms with Gasteiger partial charge in [-0.1, -0.05) is 12.1 Å². The van der Waals surface area contributed by atoms with E-state index in [-0.39, 0.29) is 23.6 Å². The van der Waals surface area contributed by atoms with E-state index >= 15 is 0 Å². The second-order valence-corrected chi connectivity index (χ2v) is 7.57. The van der Waals surface area contributed by atoms with Crippen LogP contribution in [0.3, 0.4) is 0 Å². The summed E-state index contributed by atoms with van der Waals surface area (Å²) in [5, 5.41) is 12.7. The van der Waals surface area contributed by atoms with Gasteiger partial charge in [0.05, 0.1) is 5.94 Å². The van der Waals surface area contributed by atoms with Crippen LogP contribution in [-0.2, 0) is 25.4 Å². The molecule has 1 aliphatic rings. The van der Waals surface area contributed by atoms with Crippen LogP contribution in [0.15, 0.2) is 18.2 Å². The number of carbonyl (C=O) groups is 3. The van der Waals surface area contributed by atoms with Crippen molar-refractivity contribution in [2.45, 2.75) is 43.5 Å². The van der Waals surface area contributed by atoms with Gasteiger partial charge in [0, 0.05) is 13.8 Å². The minimum absolute atomic E-state index is 0.0684. The molecule has 2 unspecified atom stereocenters. The molecular weight excluding hydrogens is 472 g/mol. The third-order valence-electron chi connectivity index (χ3n) is 3.52. The molecule has 11 heteroatoms. The van der Waals surface area contributed by atoms with Crippen molar-refractivity contribution in [2.75, 3.05) is 0 Å². The zero-order chi connectivity index (χ0) is 20.1. The highest BCUT2D eigenvalue weighted by atomic mass is 127. The molecule has 0 spiro atoms. The molecule has 1 aromatic carbocycles. The molecule has 1 heterocycles. The molecule has 0 saturated carbocycles. The molecular formula is C16H19BINO8. The predicted octanol–water partition coefficient (Wildman–Crippen LogP) is 1.58. The van der Waals surface area contributed by atoms with Crippen LogP contribution >= 0.6 is 22.6 Å². The highest BCUT2D eigenvalue weighted by Gasteiger charge is 2.37. The van der Waals surface area contributed by atoms with Gasteiger partial charge in [-0.2, -0.15) is 0 Å². The van der Waals surface area contributed by atoms with Crippen LogP contribution in [0.1, 0.15) is 36.7 Å². The molecule has 3 atom stereocenters. The lowest BCUT2D eigenvalue weighted by Gasteiger charge is -2.29. The van der Waals surface area contributed by atoms with Crippen molar-refractivity contribution in [3.8, 4) is 5.75 Å². The van der Waals surface area contributed by atoms with Gasteiger partial charge in [0.2, 0.25) is 12.2 Å². The highest BCUT2D eigenvalue weighted by Crippen LogP contribution is 2.30. The Morgan fingerprint density at radius 3 is 2.63 bits per heavy atom. The Hall–Kier alpha value is -2.02. The number of alkyl halides is 1.